The molecule has 0 aromatic heterocycles. The Hall–Kier alpha value is -1.69. The van der Waals surface area contributed by atoms with Crippen LogP contribution >= 0.6 is 0 Å². The third-order valence-corrected chi connectivity index (χ3v) is 4.64. The van der Waals surface area contributed by atoms with Gasteiger partial charge in [0.1, 0.15) is 0 Å². The van der Waals surface area contributed by atoms with Crippen LogP contribution < -0.4 is 4.72 Å². The normalized spacial score (nSPS) is 11.5. The van der Waals surface area contributed by atoms with Gasteiger partial charge in [0.25, 0.3) is 0 Å². The highest BCUT2D eigenvalue weighted by molar-refractivity contribution is 7.89. The third-order valence-electron chi connectivity index (χ3n) is 3.22. The van der Waals surface area contributed by atoms with E-state index in [2.05, 4.69) is 4.72 Å². The van der Waals surface area contributed by atoms with Gasteiger partial charge in [0.2, 0.25) is 10.0 Å². The Balaban J connectivity index is 2.05. The second-order valence-electron chi connectivity index (χ2n) is 4.93. The van der Waals surface area contributed by atoms with Crippen LogP contribution in [0.3, 0.4) is 0 Å². The molecule has 21 heavy (non-hydrogen) atoms. The lowest BCUT2D eigenvalue weighted by Crippen LogP contribution is -2.23. The topological polar surface area (TPSA) is 66.4 Å². The predicted octanol–water partition coefficient (Wildman–Crippen LogP) is 2.01. The first-order valence-corrected chi connectivity index (χ1v) is 8.24. The van der Waals surface area contributed by atoms with Crippen LogP contribution in [-0.4, -0.2) is 20.1 Å². The summed E-state index contributed by atoms with van der Waals surface area (Å²) in [5.74, 6) is 0. The number of aliphatic hydroxyl groups excluding tert-OH is 1. The van der Waals surface area contributed by atoms with Crippen LogP contribution in [0.15, 0.2) is 53.4 Å². The fraction of sp³-hybridized carbons (Fsp3) is 0.250. The fourth-order valence-electron chi connectivity index (χ4n) is 1.93. The number of hydrogen-bond donors (Lipinski definition) is 2. The Morgan fingerprint density at radius 2 is 1.52 bits per heavy atom. The molecule has 0 bridgehead atoms. The maximum absolute atomic E-state index is 12.2. The smallest absolute Gasteiger partial charge is 0.240 e. The number of aryl methyl sites for hydroxylation is 1. The van der Waals surface area contributed by atoms with Crippen LogP contribution in [-0.2, 0) is 23.0 Å². The van der Waals surface area contributed by atoms with Gasteiger partial charge in [-0.3, -0.25) is 0 Å². The molecule has 0 aliphatic rings. The Labute approximate surface area is 125 Å². The number of sulfonamides is 1. The van der Waals surface area contributed by atoms with Gasteiger partial charge in [-0.1, -0.05) is 42.0 Å². The number of hydrogen-bond acceptors (Lipinski definition) is 3. The van der Waals surface area contributed by atoms with E-state index in [1.54, 1.807) is 24.3 Å². The maximum Gasteiger partial charge on any atom is 0.240 e. The van der Waals surface area contributed by atoms with Gasteiger partial charge in [0, 0.05) is 13.2 Å². The lowest BCUT2D eigenvalue weighted by atomic mass is 10.2. The van der Waals surface area contributed by atoms with Crippen LogP contribution in [0, 0.1) is 6.92 Å². The van der Waals surface area contributed by atoms with E-state index in [9.17, 15) is 8.42 Å². The summed E-state index contributed by atoms with van der Waals surface area (Å²) in [4.78, 5) is 0.233. The van der Waals surface area contributed by atoms with E-state index in [-0.39, 0.29) is 18.0 Å². The van der Waals surface area contributed by atoms with Crippen molar-refractivity contribution in [2.75, 3.05) is 6.61 Å². The molecule has 0 aliphatic carbocycles. The summed E-state index contributed by atoms with van der Waals surface area (Å²) in [6.07, 6.45) is 0.525. The molecule has 2 aromatic rings. The van der Waals surface area contributed by atoms with E-state index >= 15 is 0 Å². The van der Waals surface area contributed by atoms with Crippen LogP contribution in [0.4, 0.5) is 0 Å². The molecule has 0 atom stereocenters. The summed E-state index contributed by atoms with van der Waals surface area (Å²) in [6, 6.07) is 14.3. The zero-order valence-corrected chi connectivity index (χ0v) is 12.7. The molecule has 0 saturated heterocycles. The zero-order valence-electron chi connectivity index (χ0n) is 11.9. The quantitative estimate of drug-likeness (QED) is 0.858. The van der Waals surface area contributed by atoms with Crippen molar-refractivity contribution in [3.8, 4) is 0 Å². The van der Waals surface area contributed by atoms with Crippen molar-refractivity contribution in [1.29, 1.82) is 0 Å². The monoisotopic (exact) mass is 305 g/mol. The van der Waals surface area contributed by atoms with Crippen molar-refractivity contribution in [2.45, 2.75) is 24.8 Å². The van der Waals surface area contributed by atoms with E-state index in [1.165, 1.54) is 0 Å². The number of rotatable bonds is 6. The lowest BCUT2D eigenvalue weighted by Gasteiger charge is -2.08. The molecule has 0 unspecified atom stereocenters. The van der Waals surface area contributed by atoms with Crippen molar-refractivity contribution in [3.05, 3.63) is 65.2 Å². The van der Waals surface area contributed by atoms with Gasteiger partial charge in [-0.15, -0.1) is 0 Å². The average Bonchev–Trinajstić information content (AvgIpc) is 2.48. The van der Waals surface area contributed by atoms with E-state index in [0.29, 0.717) is 6.42 Å². The van der Waals surface area contributed by atoms with Gasteiger partial charge < -0.3 is 5.11 Å². The second kappa shape index (κ2) is 6.85. The van der Waals surface area contributed by atoms with Crippen molar-refractivity contribution in [1.82, 2.24) is 4.72 Å². The predicted molar refractivity (Wildman–Crippen MR) is 82.4 cm³/mol. The molecular formula is C16H19NO3S. The van der Waals surface area contributed by atoms with E-state index in [1.807, 2.05) is 31.2 Å². The molecule has 0 saturated carbocycles. The minimum atomic E-state index is -3.51. The standard InChI is InChI=1S/C16H19NO3S/c1-13-2-4-15(5-3-13)12-17-21(19,20)16-8-6-14(7-9-16)10-11-18/h2-9,17-18H,10-12H2,1H3. The van der Waals surface area contributed by atoms with Gasteiger partial charge in [0.05, 0.1) is 4.90 Å². The SMILES string of the molecule is Cc1ccc(CNS(=O)(=O)c2ccc(CCO)cc2)cc1. The first-order valence-electron chi connectivity index (χ1n) is 6.76. The molecule has 0 fully saturated rings. The van der Waals surface area contributed by atoms with Gasteiger partial charge in [0.15, 0.2) is 0 Å². The van der Waals surface area contributed by atoms with E-state index in [4.69, 9.17) is 5.11 Å². The van der Waals surface area contributed by atoms with E-state index in [0.717, 1.165) is 16.7 Å². The molecule has 0 aliphatic heterocycles. The molecule has 112 valence electrons. The first kappa shape index (κ1) is 15.7. The summed E-state index contributed by atoms with van der Waals surface area (Å²) < 4.78 is 26.9. The van der Waals surface area contributed by atoms with Crippen LogP contribution in [0.1, 0.15) is 16.7 Å². The van der Waals surface area contributed by atoms with Gasteiger partial charge in [-0.2, -0.15) is 0 Å². The highest BCUT2D eigenvalue weighted by atomic mass is 32.2. The van der Waals surface area contributed by atoms with Crippen LogP contribution in [0.5, 0.6) is 0 Å². The second-order valence-corrected chi connectivity index (χ2v) is 6.69. The minimum absolute atomic E-state index is 0.0533. The van der Waals surface area contributed by atoms with Crippen molar-refractivity contribution >= 4 is 10.0 Å². The number of aliphatic hydroxyl groups is 1. The summed E-state index contributed by atoms with van der Waals surface area (Å²) >= 11 is 0. The van der Waals surface area contributed by atoms with Crippen molar-refractivity contribution < 1.29 is 13.5 Å². The van der Waals surface area contributed by atoms with Gasteiger partial charge >= 0.3 is 0 Å². The summed E-state index contributed by atoms with van der Waals surface area (Å²) in [5, 5.41) is 8.85. The Kier molecular flexibility index (Phi) is 5.12. The molecule has 0 amide bonds. The zero-order chi connectivity index (χ0) is 15.3. The largest absolute Gasteiger partial charge is 0.396 e. The van der Waals surface area contributed by atoms with Gasteiger partial charge in [-0.05, 0) is 36.6 Å². The molecule has 0 heterocycles. The first-order chi connectivity index (χ1) is 10.0. The molecule has 2 rings (SSSR count). The molecule has 0 spiro atoms. The third kappa shape index (κ3) is 4.39. The van der Waals surface area contributed by atoms with Gasteiger partial charge in [-0.25, -0.2) is 13.1 Å². The molecule has 2 aromatic carbocycles. The fourth-order valence-corrected chi connectivity index (χ4v) is 2.95. The summed E-state index contributed by atoms with van der Waals surface area (Å²) in [5.41, 5.74) is 2.97. The van der Waals surface area contributed by atoms with Crippen molar-refractivity contribution in [2.24, 2.45) is 0 Å². The molecule has 5 heteroatoms. The molecular weight excluding hydrogens is 286 g/mol. The lowest BCUT2D eigenvalue weighted by molar-refractivity contribution is 0.299. The van der Waals surface area contributed by atoms with Crippen LogP contribution in [0.25, 0.3) is 0 Å². The number of nitrogens with one attached hydrogen (secondary N) is 1. The highest BCUT2D eigenvalue weighted by Gasteiger charge is 2.13. The Morgan fingerprint density at radius 3 is 2.10 bits per heavy atom. The Morgan fingerprint density at radius 1 is 0.952 bits per heavy atom. The van der Waals surface area contributed by atoms with Crippen LogP contribution in [0.2, 0.25) is 0 Å². The number of benzene rings is 2. The van der Waals surface area contributed by atoms with Crippen molar-refractivity contribution in [3.63, 3.8) is 0 Å². The molecule has 2 N–H and O–H groups in total. The highest BCUT2D eigenvalue weighted by Crippen LogP contribution is 2.12. The summed E-state index contributed by atoms with van der Waals surface area (Å²) in [6.45, 7) is 2.31. The molecule has 4 nitrogen and oxygen atoms in total. The molecule has 0 radical (unpaired) electrons. The average molecular weight is 305 g/mol. The van der Waals surface area contributed by atoms with E-state index < -0.39 is 10.0 Å². The Bertz CT molecular complexity index is 676. The summed E-state index contributed by atoms with van der Waals surface area (Å²) in [7, 11) is -3.51. The maximum atomic E-state index is 12.2. The minimum Gasteiger partial charge on any atom is -0.396 e.